The fraction of sp³-hybridized carbons (Fsp3) is 0.750. The maximum absolute atomic E-state index is 6.29. The van der Waals surface area contributed by atoms with Crippen LogP contribution in [0.25, 0.3) is 0 Å². The van der Waals surface area contributed by atoms with E-state index in [2.05, 4.69) is 16.6 Å². The molecule has 0 aromatic carbocycles. The van der Waals surface area contributed by atoms with Crippen molar-refractivity contribution in [2.45, 2.75) is 43.5 Å². The van der Waals surface area contributed by atoms with Crippen LogP contribution in [0, 0.1) is 0 Å². The summed E-state index contributed by atoms with van der Waals surface area (Å²) in [5.74, 6) is 0. The van der Waals surface area contributed by atoms with Gasteiger partial charge in [0.2, 0.25) is 0 Å². The number of halogens is 1. The number of alkyl halides is 1. The van der Waals surface area contributed by atoms with E-state index in [1.165, 1.54) is 24.8 Å². The Morgan fingerprint density at radius 3 is 3.00 bits per heavy atom. The molecule has 0 amide bonds. The highest BCUT2D eigenvalue weighted by atomic mass is 35.5. The third-order valence-corrected chi connectivity index (χ3v) is 3.78. The fourth-order valence-corrected chi connectivity index (χ4v) is 2.69. The molecule has 0 spiro atoms. The second-order valence-electron chi connectivity index (χ2n) is 4.63. The van der Waals surface area contributed by atoms with Crippen LogP contribution in [-0.4, -0.2) is 27.7 Å². The van der Waals surface area contributed by atoms with Crippen molar-refractivity contribution in [3.05, 3.63) is 18.0 Å². The molecule has 1 heterocycles. The van der Waals surface area contributed by atoms with Gasteiger partial charge in [0.15, 0.2) is 0 Å². The topological polar surface area (TPSA) is 29.9 Å². The van der Waals surface area contributed by atoms with Crippen molar-refractivity contribution in [1.29, 1.82) is 0 Å². The van der Waals surface area contributed by atoms with Crippen LogP contribution in [0.5, 0.6) is 0 Å². The van der Waals surface area contributed by atoms with Gasteiger partial charge in [-0.05, 0) is 31.4 Å². The molecular formula is C12H20ClN3. The lowest BCUT2D eigenvalue weighted by molar-refractivity contribution is 0.382. The van der Waals surface area contributed by atoms with Crippen LogP contribution in [0.2, 0.25) is 0 Å². The Bertz CT molecular complexity index is 324. The minimum Gasteiger partial charge on any atom is -0.312 e. The minimum atomic E-state index is 0.322. The highest BCUT2D eigenvalue weighted by molar-refractivity contribution is 6.21. The SMILES string of the molecule is Cn1cc(CCNC2CCCCC2Cl)cn1. The standard InChI is InChI=1S/C12H20ClN3/c1-16-9-10(8-15-16)6-7-14-12-5-3-2-4-11(12)13/h8-9,11-12,14H,2-7H2,1H3. The molecule has 2 unspecified atom stereocenters. The van der Waals surface area contributed by atoms with Gasteiger partial charge in [0, 0.05) is 24.7 Å². The molecule has 1 aliphatic carbocycles. The summed E-state index contributed by atoms with van der Waals surface area (Å²) in [5.41, 5.74) is 1.29. The van der Waals surface area contributed by atoms with Gasteiger partial charge in [0.05, 0.1) is 6.20 Å². The summed E-state index contributed by atoms with van der Waals surface area (Å²) in [5, 5.41) is 8.04. The zero-order valence-electron chi connectivity index (χ0n) is 9.82. The molecule has 3 nitrogen and oxygen atoms in total. The molecule has 1 saturated carbocycles. The highest BCUT2D eigenvalue weighted by Gasteiger charge is 2.21. The van der Waals surface area contributed by atoms with Gasteiger partial charge >= 0.3 is 0 Å². The van der Waals surface area contributed by atoms with Crippen LogP contribution in [0.3, 0.4) is 0 Å². The molecule has 1 aromatic heterocycles. The van der Waals surface area contributed by atoms with Gasteiger partial charge in [0.25, 0.3) is 0 Å². The van der Waals surface area contributed by atoms with Crippen molar-refractivity contribution in [2.24, 2.45) is 7.05 Å². The molecule has 0 bridgehead atoms. The van der Waals surface area contributed by atoms with Crippen molar-refractivity contribution < 1.29 is 0 Å². The predicted molar refractivity (Wildman–Crippen MR) is 66.8 cm³/mol. The smallest absolute Gasteiger partial charge is 0.0522 e. The lowest BCUT2D eigenvalue weighted by atomic mass is 9.95. The van der Waals surface area contributed by atoms with Gasteiger partial charge in [-0.3, -0.25) is 4.68 Å². The number of aryl methyl sites for hydroxylation is 1. The van der Waals surface area contributed by atoms with E-state index in [1.807, 2.05) is 17.9 Å². The first-order valence-electron chi connectivity index (χ1n) is 6.10. The summed E-state index contributed by atoms with van der Waals surface area (Å²) < 4.78 is 1.85. The zero-order valence-corrected chi connectivity index (χ0v) is 10.6. The van der Waals surface area contributed by atoms with Crippen molar-refractivity contribution in [3.8, 4) is 0 Å². The summed E-state index contributed by atoms with van der Waals surface area (Å²) >= 11 is 6.29. The molecule has 2 rings (SSSR count). The molecule has 0 radical (unpaired) electrons. The lowest BCUT2D eigenvalue weighted by Gasteiger charge is -2.27. The number of hydrogen-bond acceptors (Lipinski definition) is 2. The average Bonchev–Trinajstić information content (AvgIpc) is 2.67. The average molecular weight is 242 g/mol. The molecule has 1 N–H and O–H groups in total. The van der Waals surface area contributed by atoms with E-state index in [0.717, 1.165) is 19.4 Å². The lowest BCUT2D eigenvalue weighted by Crippen LogP contribution is -2.40. The number of rotatable bonds is 4. The first-order valence-corrected chi connectivity index (χ1v) is 6.54. The third kappa shape index (κ3) is 3.22. The van der Waals surface area contributed by atoms with Crippen LogP contribution in [0.15, 0.2) is 12.4 Å². The Morgan fingerprint density at radius 2 is 2.31 bits per heavy atom. The van der Waals surface area contributed by atoms with Crippen LogP contribution < -0.4 is 5.32 Å². The number of nitrogens with zero attached hydrogens (tertiary/aromatic N) is 2. The minimum absolute atomic E-state index is 0.322. The maximum Gasteiger partial charge on any atom is 0.0522 e. The van der Waals surface area contributed by atoms with Gasteiger partial charge in [-0.15, -0.1) is 11.6 Å². The van der Waals surface area contributed by atoms with Crippen molar-refractivity contribution in [3.63, 3.8) is 0 Å². The summed E-state index contributed by atoms with van der Waals surface area (Å²) in [6.07, 6.45) is 10.0. The number of nitrogens with one attached hydrogen (secondary N) is 1. The Morgan fingerprint density at radius 1 is 1.50 bits per heavy atom. The molecule has 1 aromatic rings. The van der Waals surface area contributed by atoms with Crippen LogP contribution in [0.1, 0.15) is 31.2 Å². The zero-order chi connectivity index (χ0) is 11.4. The van der Waals surface area contributed by atoms with Crippen molar-refractivity contribution in [1.82, 2.24) is 15.1 Å². The molecular weight excluding hydrogens is 222 g/mol. The van der Waals surface area contributed by atoms with E-state index in [0.29, 0.717) is 11.4 Å². The predicted octanol–water partition coefficient (Wildman–Crippen LogP) is 2.10. The maximum atomic E-state index is 6.29. The summed E-state index contributed by atoms with van der Waals surface area (Å²) in [6, 6.07) is 0.507. The van der Waals surface area contributed by atoms with Gasteiger partial charge in [-0.2, -0.15) is 5.10 Å². The Labute approximate surface area is 102 Å². The third-order valence-electron chi connectivity index (χ3n) is 3.26. The quantitative estimate of drug-likeness (QED) is 0.819. The Hall–Kier alpha value is -0.540. The molecule has 2 atom stereocenters. The Balaban J connectivity index is 1.71. The van der Waals surface area contributed by atoms with E-state index >= 15 is 0 Å². The van der Waals surface area contributed by atoms with Crippen LogP contribution >= 0.6 is 11.6 Å². The van der Waals surface area contributed by atoms with Gasteiger partial charge in [-0.25, -0.2) is 0 Å². The molecule has 90 valence electrons. The summed E-state index contributed by atoms with van der Waals surface area (Å²) in [7, 11) is 1.95. The summed E-state index contributed by atoms with van der Waals surface area (Å²) in [4.78, 5) is 0. The first-order chi connectivity index (χ1) is 7.75. The second-order valence-corrected chi connectivity index (χ2v) is 5.19. The molecule has 1 fully saturated rings. The monoisotopic (exact) mass is 241 g/mol. The fourth-order valence-electron chi connectivity index (χ4n) is 2.32. The van der Waals surface area contributed by atoms with E-state index < -0.39 is 0 Å². The molecule has 0 saturated heterocycles. The van der Waals surface area contributed by atoms with Gasteiger partial charge < -0.3 is 5.32 Å². The highest BCUT2D eigenvalue weighted by Crippen LogP contribution is 2.22. The van der Waals surface area contributed by atoms with Crippen molar-refractivity contribution in [2.75, 3.05) is 6.54 Å². The van der Waals surface area contributed by atoms with E-state index in [-0.39, 0.29) is 0 Å². The Kier molecular flexibility index (Phi) is 4.24. The normalized spacial score (nSPS) is 25.9. The number of aromatic nitrogens is 2. The van der Waals surface area contributed by atoms with Gasteiger partial charge in [-0.1, -0.05) is 12.8 Å². The van der Waals surface area contributed by atoms with E-state index in [4.69, 9.17) is 11.6 Å². The second kappa shape index (κ2) is 5.69. The summed E-state index contributed by atoms with van der Waals surface area (Å²) in [6.45, 7) is 1.000. The molecule has 16 heavy (non-hydrogen) atoms. The molecule has 0 aliphatic heterocycles. The molecule has 4 heteroatoms. The van der Waals surface area contributed by atoms with Gasteiger partial charge in [0.1, 0.15) is 0 Å². The van der Waals surface area contributed by atoms with Crippen molar-refractivity contribution >= 4 is 11.6 Å². The van der Waals surface area contributed by atoms with E-state index in [1.54, 1.807) is 0 Å². The first kappa shape index (κ1) is 11.9. The largest absolute Gasteiger partial charge is 0.312 e. The van der Waals surface area contributed by atoms with Crippen LogP contribution in [-0.2, 0) is 13.5 Å². The molecule has 1 aliphatic rings. The van der Waals surface area contributed by atoms with E-state index in [9.17, 15) is 0 Å². The number of hydrogen-bond donors (Lipinski definition) is 1. The van der Waals surface area contributed by atoms with Crippen LogP contribution in [0.4, 0.5) is 0 Å².